The number of nitrogens with zero attached hydrogens (tertiary/aromatic N) is 1. The predicted molar refractivity (Wildman–Crippen MR) is 101 cm³/mol. The number of benzene rings is 2. The minimum Gasteiger partial charge on any atom is -0.326 e. The summed E-state index contributed by atoms with van der Waals surface area (Å²) in [5, 5.41) is 11.3. The molecule has 2 aromatic carbocycles. The van der Waals surface area contributed by atoms with E-state index in [-0.39, 0.29) is 12.3 Å². The first-order chi connectivity index (χ1) is 11.6. The number of aromatic nitrogens is 1. The molecule has 3 N–H and O–H groups in total. The predicted octanol–water partition coefficient (Wildman–Crippen LogP) is 4.69. The number of nitrogens with two attached hydrogens (primary N) is 1. The first kappa shape index (κ1) is 17.0. The Bertz CT molecular complexity index is 917. The lowest BCUT2D eigenvalue weighted by atomic mass is 10.1. The molecule has 1 heterocycles. The third kappa shape index (κ3) is 3.65. The molecular weight excluding hydrogens is 365 g/mol. The van der Waals surface area contributed by atoms with E-state index in [1.54, 1.807) is 24.5 Å². The largest absolute Gasteiger partial charge is 0.326 e. The van der Waals surface area contributed by atoms with Gasteiger partial charge in [0.1, 0.15) is 0 Å². The highest BCUT2D eigenvalue weighted by Crippen LogP contribution is 2.32. The van der Waals surface area contributed by atoms with Crippen LogP contribution in [0.15, 0.2) is 53.7 Å². The third-order valence-corrected chi connectivity index (χ3v) is 4.77. The van der Waals surface area contributed by atoms with Crippen LogP contribution in [-0.4, -0.2) is 10.9 Å². The Morgan fingerprint density at radius 2 is 1.92 bits per heavy atom. The van der Waals surface area contributed by atoms with Gasteiger partial charge in [-0.3, -0.25) is 14.9 Å². The molecule has 0 saturated carbocycles. The molecule has 7 heteroatoms. The number of rotatable bonds is 4. The highest BCUT2D eigenvalue weighted by atomic mass is 35.5. The fourth-order valence-electron chi connectivity index (χ4n) is 2.39. The number of anilines is 1. The molecule has 1 amide bonds. The molecule has 122 valence electrons. The van der Waals surface area contributed by atoms with Crippen LogP contribution in [0.25, 0.3) is 10.8 Å². The summed E-state index contributed by atoms with van der Waals surface area (Å²) in [6, 6.07) is 10.9. The van der Waals surface area contributed by atoms with Crippen molar-refractivity contribution in [2.24, 2.45) is 5.14 Å². The molecule has 0 radical (unpaired) electrons. The molecule has 0 bridgehead atoms. The van der Waals surface area contributed by atoms with Crippen LogP contribution < -0.4 is 10.5 Å². The van der Waals surface area contributed by atoms with E-state index in [1.165, 1.54) is 0 Å². The van der Waals surface area contributed by atoms with Gasteiger partial charge in [0, 0.05) is 38.8 Å². The van der Waals surface area contributed by atoms with Crippen molar-refractivity contribution >= 4 is 57.5 Å². The minimum atomic E-state index is -0.166. The average Bonchev–Trinajstić information content (AvgIpc) is 2.57. The highest BCUT2D eigenvalue weighted by molar-refractivity contribution is 7.97. The number of nitrogens with one attached hydrogen (secondary N) is 1. The third-order valence-electron chi connectivity index (χ3n) is 3.51. The number of hydrogen-bond donors (Lipinski definition) is 2. The van der Waals surface area contributed by atoms with Crippen molar-refractivity contribution in [2.45, 2.75) is 11.3 Å². The number of hydrogen-bond acceptors (Lipinski definition) is 4. The van der Waals surface area contributed by atoms with E-state index in [2.05, 4.69) is 10.3 Å². The van der Waals surface area contributed by atoms with Crippen molar-refractivity contribution in [2.75, 3.05) is 5.32 Å². The Morgan fingerprint density at radius 1 is 1.12 bits per heavy atom. The van der Waals surface area contributed by atoms with Crippen molar-refractivity contribution in [1.82, 2.24) is 4.98 Å². The van der Waals surface area contributed by atoms with Crippen molar-refractivity contribution in [3.63, 3.8) is 0 Å². The average molecular weight is 378 g/mol. The lowest BCUT2D eigenvalue weighted by Gasteiger charge is -2.11. The fraction of sp³-hybridized carbons (Fsp3) is 0.0588. The van der Waals surface area contributed by atoms with Gasteiger partial charge in [-0.1, -0.05) is 41.4 Å². The van der Waals surface area contributed by atoms with Crippen LogP contribution in [0.3, 0.4) is 0 Å². The van der Waals surface area contributed by atoms with Crippen molar-refractivity contribution in [3.05, 3.63) is 64.4 Å². The molecule has 0 unspecified atom stereocenters. The van der Waals surface area contributed by atoms with Crippen molar-refractivity contribution in [1.29, 1.82) is 0 Å². The zero-order valence-corrected chi connectivity index (χ0v) is 14.8. The van der Waals surface area contributed by atoms with Crippen molar-refractivity contribution < 1.29 is 4.79 Å². The van der Waals surface area contributed by atoms with Crippen molar-refractivity contribution in [3.8, 4) is 0 Å². The second kappa shape index (κ2) is 7.40. The summed E-state index contributed by atoms with van der Waals surface area (Å²) >= 11 is 13.4. The van der Waals surface area contributed by atoms with Gasteiger partial charge >= 0.3 is 0 Å². The summed E-state index contributed by atoms with van der Waals surface area (Å²) in [5.41, 5.74) is 1.40. The molecule has 0 saturated heterocycles. The van der Waals surface area contributed by atoms with Crippen LogP contribution in [0, 0.1) is 0 Å². The van der Waals surface area contributed by atoms with Crippen LogP contribution in [0.5, 0.6) is 0 Å². The Hall–Kier alpha value is -1.79. The quantitative estimate of drug-likeness (QED) is 0.647. The lowest BCUT2D eigenvalue weighted by molar-refractivity contribution is -0.115. The molecule has 0 fully saturated rings. The number of pyridine rings is 1. The number of halogens is 2. The van der Waals surface area contributed by atoms with Gasteiger partial charge in [-0.15, -0.1) is 0 Å². The number of carbonyl (C=O) groups excluding carboxylic acids is 1. The van der Waals surface area contributed by atoms with Gasteiger partial charge in [0.25, 0.3) is 0 Å². The molecule has 24 heavy (non-hydrogen) atoms. The normalized spacial score (nSPS) is 10.8. The summed E-state index contributed by atoms with van der Waals surface area (Å²) in [6.45, 7) is 0. The maximum atomic E-state index is 12.3. The zero-order chi connectivity index (χ0) is 17.1. The molecule has 3 aromatic rings. The van der Waals surface area contributed by atoms with E-state index in [4.69, 9.17) is 28.3 Å². The minimum absolute atomic E-state index is 0.166. The number of amides is 1. The second-order valence-corrected chi connectivity index (χ2v) is 6.61. The van der Waals surface area contributed by atoms with Gasteiger partial charge < -0.3 is 5.32 Å². The smallest absolute Gasteiger partial charge is 0.228 e. The topological polar surface area (TPSA) is 68.0 Å². The SMILES string of the molecule is NSc1cc(NC(=O)Cc2ccccc2Cl)cc2c(Cl)cncc12. The maximum absolute atomic E-state index is 12.3. The summed E-state index contributed by atoms with van der Waals surface area (Å²) in [4.78, 5) is 17.2. The van der Waals surface area contributed by atoms with Gasteiger partial charge in [-0.05, 0) is 35.7 Å². The zero-order valence-electron chi connectivity index (χ0n) is 12.4. The summed E-state index contributed by atoms with van der Waals surface area (Å²) in [7, 11) is 0. The van der Waals surface area contributed by atoms with E-state index in [1.807, 2.05) is 24.3 Å². The molecule has 0 aliphatic heterocycles. The second-order valence-electron chi connectivity index (χ2n) is 5.13. The van der Waals surface area contributed by atoms with Gasteiger partial charge in [0.05, 0.1) is 11.4 Å². The Kier molecular flexibility index (Phi) is 5.26. The van der Waals surface area contributed by atoms with Gasteiger partial charge in [-0.2, -0.15) is 0 Å². The van der Waals surface area contributed by atoms with E-state index in [0.29, 0.717) is 15.7 Å². The van der Waals surface area contributed by atoms with E-state index >= 15 is 0 Å². The molecule has 0 aliphatic rings. The van der Waals surface area contributed by atoms with Gasteiger partial charge in [0.2, 0.25) is 5.91 Å². The van der Waals surface area contributed by atoms with Crippen LogP contribution >= 0.6 is 35.1 Å². The number of carbonyl (C=O) groups is 1. The van der Waals surface area contributed by atoms with E-state index < -0.39 is 0 Å². The molecule has 3 rings (SSSR count). The molecule has 4 nitrogen and oxygen atoms in total. The van der Waals surface area contributed by atoms with Crippen LogP contribution in [0.1, 0.15) is 5.56 Å². The van der Waals surface area contributed by atoms with Gasteiger partial charge in [0.15, 0.2) is 0 Å². The first-order valence-corrected chi connectivity index (χ1v) is 8.69. The van der Waals surface area contributed by atoms with Crippen LogP contribution in [0.4, 0.5) is 5.69 Å². The lowest BCUT2D eigenvalue weighted by Crippen LogP contribution is -2.14. The van der Waals surface area contributed by atoms with E-state index in [0.717, 1.165) is 33.2 Å². The standard InChI is InChI=1S/C17H13Cl2N3OS/c18-14-4-2-1-3-10(14)5-17(23)22-11-6-12-13(16(7-11)24-20)8-21-9-15(12)19/h1-4,6-9H,5,20H2,(H,22,23). The molecule has 0 atom stereocenters. The summed E-state index contributed by atoms with van der Waals surface area (Å²) in [5.74, 6) is -0.166. The van der Waals surface area contributed by atoms with Gasteiger partial charge in [-0.25, -0.2) is 0 Å². The first-order valence-electron chi connectivity index (χ1n) is 7.05. The summed E-state index contributed by atoms with van der Waals surface area (Å²) in [6.07, 6.45) is 3.45. The van der Waals surface area contributed by atoms with Crippen LogP contribution in [0.2, 0.25) is 10.0 Å². The Balaban J connectivity index is 1.88. The molecular formula is C17H13Cl2N3OS. The molecule has 0 spiro atoms. The fourth-order valence-corrected chi connectivity index (χ4v) is 3.29. The van der Waals surface area contributed by atoms with E-state index in [9.17, 15) is 4.79 Å². The maximum Gasteiger partial charge on any atom is 0.228 e. The van der Waals surface area contributed by atoms with Crippen LogP contribution in [-0.2, 0) is 11.2 Å². The number of fused-ring (bicyclic) bond motifs is 1. The monoisotopic (exact) mass is 377 g/mol. The Morgan fingerprint density at radius 3 is 2.67 bits per heavy atom. The highest BCUT2D eigenvalue weighted by Gasteiger charge is 2.11. The Labute approximate surface area is 153 Å². The molecule has 0 aliphatic carbocycles. The molecule has 1 aromatic heterocycles. The summed E-state index contributed by atoms with van der Waals surface area (Å²) < 4.78 is 0.